The number of hydrogen-bond acceptors (Lipinski definition) is 6. The summed E-state index contributed by atoms with van der Waals surface area (Å²) in [7, 11) is 0. The highest BCUT2D eigenvalue weighted by molar-refractivity contribution is 5.80. The molecule has 0 aliphatic heterocycles. The van der Waals surface area contributed by atoms with Crippen molar-refractivity contribution in [2.24, 2.45) is 11.1 Å². The normalized spacial score (nSPS) is 23.0. The molecule has 3 aromatic rings. The van der Waals surface area contributed by atoms with Crippen molar-refractivity contribution < 1.29 is 18.0 Å². The van der Waals surface area contributed by atoms with Gasteiger partial charge < -0.3 is 16.4 Å². The number of hydrogen-bond donors (Lipinski definition) is 3. The number of nitrogens with two attached hydrogens (primary N) is 1. The largest absolute Gasteiger partial charge is 0.369 e. The molecule has 0 saturated heterocycles. The quantitative estimate of drug-likeness (QED) is 0.484. The van der Waals surface area contributed by atoms with Crippen molar-refractivity contribution in [3.05, 3.63) is 35.8 Å². The maximum atomic E-state index is 14.4. The third-order valence-electron chi connectivity index (χ3n) is 7.13. The first kappa shape index (κ1) is 22.4. The van der Waals surface area contributed by atoms with Gasteiger partial charge in [-0.05, 0) is 44.9 Å². The molecule has 2 aliphatic carbocycles. The molecule has 1 aromatic carbocycles. The maximum absolute atomic E-state index is 14.4. The van der Waals surface area contributed by atoms with Crippen LogP contribution in [0.15, 0.2) is 18.3 Å². The van der Waals surface area contributed by atoms with Crippen LogP contribution in [0.3, 0.4) is 0 Å². The van der Waals surface area contributed by atoms with E-state index in [1.165, 1.54) is 0 Å². The average Bonchev–Trinajstić information content (AvgIpc) is 3.11. The summed E-state index contributed by atoms with van der Waals surface area (Å²) < 4.78 is 44.0. The molecule has 0 radical (unpaired) electrons. The molecular formula is C23H26F3N7O. The minimum Gasteiger partial charge on any atom is -0.369 e. The van der Waals surface area contributed by atoms with Crippen LogP contribution in [0.2, 0.25) is 0 Å². The number of amides is 1. The van der Waals surface area contributed by atoms with Gasteiger partial charge in [0.25, 0.3) is 0 Å². The molecule has 2 aromatic heterocycles. The first-order valence-electron chi connectivity index (χ1n) is 11.5. The van der Waals surface area contributed by atoms with E-state index in [9.17, 15) is 18.0 Å². The summed E-state index contributed by atoms with van der Waals surface area (Å²) in [5.41, 5.74) is 5.45. The SMILES string of the molecule is C[C@]1(C(N)=O)CC[C@H](n2c(Nc3c(F)cc(F)cc3F)nc3cnc(NC4CCC4)nc32)CC1. The van der Waals surface area contributed by atoms with Crippen molar-refractivity contribution in [3.63, 3.8) is 0 Å². The maximum Gasteiger partial charge on any atom is 0.224 e. The molecule has 11 heteroatoms. The van der Waals surface area contributed by atoms with Gasteiger partial charge >= 0.3 is 0 Å². The van der Waals surface area contributed by atoms with Crippen molar-refractivity contribution in [3.8, 4) is 0 Å². The number of carbonyl (C=O) groups is 1. The van der Waals surface area contributed by atoms with Crippen LogP contribution in [0.1, 0.15) is 57.9 Å². The number of primary amides is 1. The summed E-state index contributed by atoms with van der Waals surface area (Å²) in [6.45, 7) is 1.85. The van der Waals surface area contributed by atoms with E-state index in [-0.39, 0.29) is 17.9 Å². The van der Waals surface area contributed by atoms with Crippen LogP contribution in [0, 0.1) is 22.9 Å². The van der Waals surface area contributed by atoms with E-state index in [1.54, 1.807) is 10.8 Å². The van der Waals surface area contributed by atoms with Crippen molar-refractivity contribution in [2.75, 3.05) is 10.6 Å². The topological polar surface area (TPSA) is 111 Å². The van der Waals surface area contributed by atoms with Gasteiger partial charge in [0.15, 0.2) is 17.3 Å². The zero-order valence-electron chi connectivity index (χ0n) is 18.7. The van der Waals surface area contributed by atoms with Crippen molar-refractivity contribution >= 4 is 34.7 Å². The van der Waals surface area contributed by atoms with Crippen LogP contribution >= 0.6 is 0 Å². The Bertz CT molecular complexity index is 1230. The Morgan fingerprint density at radius 2 is 1.79 bits per heavy atom. The Labute approximate surface area is 194 Å². The monoisotopic (exact) mass is 473 g/mol. The second-order valence-electron chi connectivity index (χ2n) is 9.51. The first-order valence-corrected chi connectivity index (χ1v) is 11.5. The van der Waals surface area contributed by atoms with Crippen LogP contribution in [-0.4, -0.2) is 31.5 Å². The number of rotatable bonds is 6. The zero-order chi connectivity index (χ0) is 24.0. The lowest BCUT2D eigenvalue weighted by Crippen LogP contribution is -2.38. The predicted molar refractivity (Wildman–Crippen MR) is 121 cm³/mol. The highest BCUT2D eigenvalue weighted by Crippen LogP contribution is 2.43. The van der Waals surface area contributed by atoms with Gasteiger partial charge in [-0.1, -0.05) is 6.92 Å². The summed E-state index contributed by atoms with van der Waals surface area (Å²) in [4.78, 5) is 25.4. The van der Waals surface area contributed by atoms with E-state index in [0.29, 0.717) is 61.0 Å². The third kappa shape index (κ3) is 4.03. The molecule has 2 fully saturated rings. The van der Waals surface area contributed by atoms with E-state index >= 15 is 0 Å². The number of halogens is 3. The Kier molecular flexibility index (Phi) is 5.57. The van der Waals surface area contributed by atoms with Crippen LogP contribution in [0.25, 0.3) is 11.2 Å². The molecule has 0 bridgehead atoms. The summed E-state index contributed by atoms with van der Waals surface area (Å²) in [6.07, 6.45) is 7.13. The Hall–Kier alpha value is -3.37. The Morgan fingerprint density at radius 3 is 2.38 bits per heavy atom. The smallest absolute Gasteiger partial charge is 0.224 e. The molecule has 8 nitrogen and oxygen atoms in total. The van der Waals surface area contributed by atoms with E-state index in [1.807, 2.05) is 6.92 Å². The fraction of sp³-hybridized carbons (Fsp3) is 0.478. The Balaban J connectivity index is 1.55. The molecule has 180 valence electrons. The lowest BCUT2D eigenvalue weighted by Gasteiger charge is -2.35. The molecule has 34 heavy (non-hydrogen) atoms. The fourth-order valence-electron chi connectivity index (χ4n) is 4.65. The summed E-state index contributed by atoms with van der Waals surface area (Å²) in [6, 6.07) is 1.40. The summed E-state index contributed by atoms with van der Waals surface area (Å²) >= 11 is 0. The molecule has 5 rings (SSSR count). The van der Waals surface area contributed by atoms with Gasteiger partial charge in [-0.2, -0.15) is 4.98 Å². The number of nitrogens with zero attached hydrogens (tertiary/aromatic N) is 4. The summed E-state index contributed by atoms with van der Waals surface area (Å²) in [5.74, 6) is -2.86. The molecule has 0 unspecified atom stereocenters. The highest BCUT2D eigenvalue weighted by Gasteiger charge is 2.38. The molecule has 1 amide bonds. The zero-order valence-corrected chi connectivity index (χ0v) is 18.7. The minimum atomic E-state index is -1.07. The predicted octanol–water partition coefficient (Wildman–Crippen LogP) is 4.56. The molecule has 0 atom stereocenters. The second kappa shape index (κ2) is 8.44. The first-order chi connectivity index (χ1) is 16.2. The van der Waals surface area contributed by atoms with Gasteiger partial charge in [-0.3, -0.25) is 9.36 Å². The number of fused-ring (bicyclic) bond motifs is 1. The number of imidazole rings is 1. The average molecular weight is 474 g/mol. The van der Waals surface area contributed by atoms with Crippen molar-refractivity contribution in [1.29, 1.82) is 0 Å². The van der Waals surface area contributed by atoms with Crippen molar-refractivity contribution in [2.45, 2.75) is 64.0 Å². The van der Waals surface area contributed by atoms with Crippen LogP contribution in [0.5, 0.6) is 0 Å². The molecule has 2 heterocycles. The van der Waals surface area contributed by atoms with Crippen molar-refractivity contribution in [1.82, 2.24) is 19.5 Å². The van der Waals surface area contributed by atoms with E-state index < -0.39 is 28.6 Å². The molecular weight excluding hydrogens is 447 g/mol. The van der Waals surface area contributed by atoms with E-state index in [2.05, 4.69) is 25.6 Å². The van der Waals surface area contributed by atoms with Gasteiger partial charge in [0, 0.05) is 29.6 Å². The van der Waals surface area contributed by atoms with Gasteiger partial charge in [-0.25, -0.2) is 23.1 Å². The number of benzene rings is 1. The second-order valence-corrected chi connectivity index (χ2v) is 9.51. The van der Waals surface area contributed by atoms with Crippen LogP contribution in [-0.2, 0) is 4.79 Å². The fourth-order valence-corrected chi connectivity index (χ4v) is 4.65. The third-order valence-corrected chi connectivity index (χ3v) is 7.13. The molecule has 4 N–H and O–H groups in total. The molecule has 2 aliphatic rings. The standard InChI is InChI=1S/C23H26F3N7O/c1-23(20(27)34)7-5-14(6-8-23)33-19-17(11-28-21(32-19)29-13-3-2-4-13)30-22(33)31-18-15(25)9-12(24)10-16(18)26/h9-11,13-14H,2-8H2,1H3,(H2,27,34)(H,30,31)(H,28,29,32)/t14-,23-. The highest BCUT2D eigenvalue weighted by atomic mass is 19.1. The summed E-state index contributed by atoms with van der Waals surface area (Å²) in [5, 5.41) is 6.01. The van der Waals surface area contributed by atoms with Gasteiger partial charge in [0.05, 0.1) is 6.20 Å². The van der Waals surface area contributed by atoms with Gasteiger partial charge in [0.1, 0.15) is 17.0 Å². The molecule has 0 spiro atoms. The van der Waals surface area contributed by atoms with Gasteiger partial charge in [-0.15, -0.1) is 0 Å². The lowest BCUT2D eigenvalue weighted by atomic mass is 9.73. The van der Waals surface area contributed by atoms with E-state index in [0.717, 1.165) is 19.3 Å². The number of carbonyl (C=O) groups excluding carboxylic acids is 1. The van der Waals surface area contributed by atoms with Crippen LogP contribution < -0.4 is 16.4 Å². The van der Waals surface area contributed by atoms with Crippen LogP contribution in [0.4, 0.5) is 30.8 Å². The number of nitrogens with one attached hydrogen (secondary N) is 2. The molecule has 2 saturated carbocycles. The van der Waals surface area contributed by atoms with E-state index in [4.69, 9.17) is 5.73 Å². The van der Waals surface area contributed by atoms with Gasteiger partial charge in [0.2, 0.25) is 17.8 Å². The lowest BCUT2D eigenvalue weighted by molar-refractivity contribution is -0.128. The Morgan fingerprint density at radius 1 is 1.12 bits per heavy atom. The number of aromatic nitrogens is 4. The number of anilines is 3. The minimum absolute atomic E-state index is 0.141.